The highest BCUT2D eigenvalue weighted by Gasteiger charge is 2.32. The molecule has 0 bridgehead atoms. The van der Waals surface area contributed by atoms with Gasteiger partial charge in [0.15, 0.2) is 0 Å². The number of carbonyl (C=O) groups is 2. The third kappa shape index (κ3) is 4.80. The number of carbonyl (C=O) groups excluding carboxylic acids is 2. The minimum Gasteiger partial charge on any atom is -0.342 e. The lowest BCUT2D eigenvalue weighted by molar-refractivity contribution is -0.137. The van der Waals surface area contributed by atoms with Crippen molar-refractivity contribution in [3.8, 4) is 0 Å². The summed E-state index contributed by atoms with van der Waals surface area (Å²) in [5.41, 5.74) is 0.620. The SMILES string of the molecule is O=C(Nc1ccc(F)cc1)C1CCC(C(=O)N2CCCCCC2)CC1. The monoisotopic (exact) mass is 346 g/mol. The molecule has 0 radical (unpaired) electrons. The Morgan fingerprint density at radius 1 is 0.880 bits per heavy atom. The highest BCUT2D eigenvalue weighted by atomic mass is 19.1. The Balaban J connectivity index is 1.48. The smallest absolute Gasteiger partial charge is 0.227 e. The largest absolute Gasteiger partial charge is 0.342 e. The minimum absolute atomic E-state index is 0.0210. The summed E-state index contributed by atoms with van der Waals surface area (Å²) in [6.07, 6.45) is 7.74. The molecule has 136 valence electrons. The average molecular weight is 346 g/mol. The lowest BCUT2D eigenvalue weighted by Crippen LogP contribution is -2.39. The van der Waals surface area contributed by atoms with E-state index < -0.39 is 0 Å². The van der Waals surface area contributed by atoms with Crippen LogP contribution in [0.2, 0.25) is 0 Å². The van der Waals surface area contributed by atoms with Crippen LogP contribution >= 0.6 is 0 Å². The molecule has 0 spiro atoms. The van der Waals surface area contributed by atoms with Gasteiger partial charge in [0.25, 0.3) is 0 Å². The first-order valence-electron chi connectivity index (χ1n) is 9.49. The molecule has 3 rings (SSSR count). The molecule has 0 aromatic heterocycles. The van der Waals surface area contributed by atoms with Crippen LogP contribution in [0.15, 0.2) is 24.3 Å². The third-order valence-electron chi connectivity index (χ3n) is 5.48. The zero-order valence-corrected chi connectivity index (χ0v) is 14.7. The second kappa shape index (κ2) is 8.45. The van der Waals surface area contributed by atoms with Gasteiger partial charge in [-0.25, -0.2) is 4.39 Å². The van der Waals surface area contributed by atoms with Gasteiger partial charge in [-0.1, -0.05) is 12.8 Å². The summed E-state index contributed by atoms with van der Waals surface area (Å²) >= 11 is 0. The van der Waals surface area contributed by atoms with Crippen molar-refractivity contribution in [2.24, 2.45) is 11.8 Å². The fourth-order valence-electron chi connectivity index (χ4n) is 3.93. The van der Waals surface area contributed by atoms with Crippen LogP contribution in [0, 0.1) is 17.7 Å². The maximum Gasteiger partial charge on any atom is 0.227 e. The van der Waals surface area contributed by atoms with E-state index in [4.69, 9.17) is 0 Å². The number of rotatable bonds is 3. The highest BCUT2D eigenvalue weighted by molar-refractivity contribution is 5.92. The van der Waals surface area contributed by atoms with E-state index in [0.717, 1.165) is 51.6 Å². The Morgan fingerprint density at radius 3 is 2.04 bits per heavy atom. The number of likely N-dealkylation sites (tertiary alicyclic amines) is 1. The lowest BCUT2D eigenvalue weighted by atomic mass is 9.81. The van der Waals surface area contributed by atoms with Crippen LogP contribution in [0.25, 0.3) is 0 Å². The maximum absolute atomic E-state index is 12.9. The molecule has 2 aliphatic rings. The molecule has 0 unspecified atom stereocenters. The van der Waals surface area contributed by atoms with Crippen molar-refractivity contribution < 1.29 is 14.0 Å². The molecule has 1 aliphatic heterocycles. The standard InChI is InChI=1S/C20H27FN2O2/c21-17-9-11-18(12-10-17)22-19(24)15-5-7-16(8-6-15)20(25)23-13-3-1-2-4-14-23/h9-12,15-16H,1-8,13-14H2,(H,22,24). The molecule has 25 heavy (non-hydrogen) atoms. The first-order chi connectivity index (χ1) is 12.1. The lowest BCUT2D eigenvalue weighted by Gasteiger charge is -2.31. The van der Waals surface area contributed by atoms with Crippen LogP contribution in [0.5, 0.6) is 0 Å². The number of nitrogens with one attached hydrogen (secondary N) is 1. The predicted molar refractivity (Wildman–Crippen MR) is 95.5 cm³/mol. The molecule has 1 saturated heterocycles. The van der Waals surface area contributed by atoms with Gasteiger partial charge < -0.3 is 10.2 Å². The summed E-state index contributed by atoms with van der Waals surface area (Å²) in [4.78, 5) is 27.1. The molecule has 2 fully saturated rings. The Kier molecular flexibility index (Phi) is 6.05. The van der Waals surface area contributed by atoms with Gasteiger partial charge in [0, 0.05) is 30.6 Å². The highest BCUT2D eigenvalue weighted by Crippen LogP contribution is 2.31. The fourth-order valence-corrected chi connectivity index (χ4v) is 3.93. The number of halogens is 1. The van der Waals surface area contributed by atoms with Crippen molar-refractivity contribution in [3.05, 3.63) is 30.1 Å². The molecule has 1 aromatic rings. The molecule has 4 nitrogen and oxygen atoms in total. The molecule has 2 amide bonds. The van der Waals surface area contributed by atoms with E-state index in [9.17, 15) is 14.0 Å². The normalized spacial score (nSPS) is 24.4. The molecule has 1 aromatic carbocycles. The molecular formula is C20H27FN2O2. The molecule has 1 aliphatic carbocycles. The number of hydrogen-bond acceptors (Lipinski definition) is 2. The van der Waals surface area contributed by atoms with E-state index in [1.165, 1.54) is 25.0 Å². The zero-order chi connectivity index (χ0) is 17.6. The molecule has 1 heterocycles. The van der Waals surface area contributed by atoms with Crippen LogP contribution in [0.3, 0.4) is 0 Å². The van der Waals surface area contributed by atoms with E-state index in [0.29, 0.717) is 11.6 Å². The topological polar surface area (TPSA) is 49.4 Å². The average Bonchev–Trinajstić information content (AvgIpc) is 2.92. The van der Waals surface area contributed by atoms with Crippen LogP contribution in [-0.2, 0) is 9.59 Å². The van der Waals surface area contributed by atoms with Gasteiger partial charge in [0.05, 0.1) is 0 Å². The minimum atomic E-state index is -0.314. The maximum atomic E-state index is 12.9. The molecule has 1 N–H and O–H groups in total. The Morgan fingerprint density at radius 2 is 1.44 bits per heavy atom. The van der Waals surface area contributed by atoms with Gasteiger partial charge in [-0.05, 0) is 62.8 Å². The summed E-state index contributed by atoms with van der Waals surface area (Å²) in [5, 5.41) is 2.85. The van der Waals surface area contributed by atoms with Crippen LogP contribution in [-0.4, -0.2) is 29.8 Å². The molecule has 5 heteroatoms. The number of anilines is 1. The Bertz CT molecular complexity index is 586. The predicted octanol–water partition coefficient (Wildman–Crippen LogP) is 3.97. The summed E-state index contributed by atoms with van der Waals surface area (Å²) in [6.45, 7) is 1.79. The van der Waals surface area contributed by atoms with Crippen molar-refractivity contribution in [2.45, 2.75) is 51.4 Å². The van der Waals surface area contributed by atoms with E-state index >= 15 is 0 Å². The summed E-state index contributed by atoms with van der Waals surface area (Å²) < 4.78 is 12.9. The van der Waals surface area contributed by atoms with Gasteiger partial charge >= 0.3 is 0 Å². The Labute approximate surface area is 148 Å². The van der Waals surface area contributed by atoms with Gasteiger partial charge in [-0.15, -0.1) is 0 Å². The van der Waals surface area contributed by atoms with Gasteiger partial charge in [0.1, 0.15) is 5.82 Å². The van der Waals surface area contributed by atoms with Gasteiger partial charge in [0.2, 0.25) is 11.8 Å². The Hall–Kier alpha value is -1.91. The quantitative estimate of drug-likeness (QED) is 0.900. The summed E-state index contributed by atoms with van der Waals surface area (Å²) in [5.74, 6) is -0.0247. The van der Waals surface area contributed by atoms with Crippen molar-refractivity contribution in [1.82, 2.24) is 4.90 Å². The molecule has 0 atom stereocenters. The summed E-state index contributed by atoms with van der Waals surface area (Å²) in [7, 11) is 0. The van der Waals surface area contributed by atoms with Crippen molar-refractivity contribution in [2.75, 3.05) is 18.4 Å². The van der Waals surface area contributed by atoms with Gasteiger partial charge in [-0.2, -0.15) is 0 Å². The van der Waals surface area contributed by atoms with Crippen molar-refractivity contribution >= 4 is 17.5 Å². The van der Waals surface area contributed by atoms with Crippen LogP contribution < -0.4 is 5.32 Å². The van der Waals surface area contributed by atoms with Crippen LogP contribution in [0.4, 0.5) is 10.1 Å². The van der Waals surface area contributed by atoms with E-state index in [-0.39, 0.29) is 23.6 Å². The first-order valence-corrected chi connectivity index (χ1v) is 9.49. The second-order valence-corrected chi connectivity index (χ2v) is 7.28. The van der Waals surface area contributed by atoms with Gasteiger partial charge in [-0.3, -0.25) is 9.59 Å². The fraction of sp³-hybridized carbons (Fsp3) is 0.600. The third-order valence-corrected chi connectivity index (χ3v) is 5.48. The molecule has 1 saturated carbocycles. The second-order valence-electron chi connectivity index (χ2n) is 7.28. The number of benzene rings is 1. The van der Waals surface area contributed by atoms with E-state index in [1.54, 1.807) is 12.1 Å². The summed E-state index contributed by atoms with van der Waals surface area (Å²) in [6, 6.07) is 5.82. The zero-order valence-electron chi connectivity index (χ0n) is 14.7. The van der Waals surface area contributed by atoms with Crippen molar-refractivity contribution in [1.29, 1.82) is 0 Å². The number of amides is 2. The number of hydrogen-bond donors (Lipinski definition) is 1. The van der Waals surface area contributed by atoms with E-state index in [1.807, 2.05) is 4.90 Å². The first kappa shape index (κ1) is 17.9. The molecular weight excluding hydrogens is 319 g/mol. The van der Waals surface area contributed by atoms with E-state index in [2.05, 4.69) is 5.32 Å². The van der Waals surface area contributed by atoms with Crippen LogP contribution in [0.1, 0.15) is 51.4 Å². The van der Waals surface area contributed by atoms with Crippen molar-refractivity contribution in [3.63, 3.8) is 0 Å². The number of nitrogens with zero attached hydrogens (tertiary/aromatic N) is 1.